The van der Waals surface area contributed by atoms with Gasteiger partial charge in [0.15, 0.2) is 0 Å². The van der Waals surface area contributed by atoms with Gasteiger partial charge in [-0.25, -0.2) is 9.37 Å². The van der Waals surface area contributed by atoms with Crippen LogP contribution in [-0.4, -0.2) is 22.6 Å². The Labute approximate surface area is 184 Å². The minimum atomic E-state index is -0.282. The monoisotopic (exact) mass is 432 g/mol. The Morgan fingerprint density at radius 3 is 2.45 bits per heavy atom. The number of carbonyl (C=O) groups excluding carboxylic acids is 1. The lowest BCUT2D eigenvalue weighted by Gasteiger charge is -2.11. The molecular formula is C24H21FN4OS. The van der Waals surface area contributed by atoms with Crippen LogP contribution in [0.15, 0.2) is 79.0 Å². The molecule has 1 aliphatic rings. The van der Waals surface area contributed by atoms with Gasteiger partial charge in [-0.2, -0.15) is 0 Å². The highest BCUT2D eigenvalue weighted by atomic mass is 32.2. The Kier molecular flexibility index (Phi) is 6.33. The number of carbonyl (C=O) groups is 1. The lowest BCUT2D eigenvalue weighted by molar-refractivity contribution is -0.111. The summed E-state index contributed by atoms with van der Waals surface area (Å²) in [7, 11) is 0. The van der Waals surface area contributed by atoms with E-state index >= 15 is 0 Å². The topological polar surface area (TPSA) is 66.0 Å². The third kappa shape index (κ3) is 5.13. The summed E-state index contributed by atoms with van der Waals surface area (Å²) in [6.45, 7) is 0. The number of amides is 1. The SMILES string of the molecule is CSC1NC(c2ccc(F)cc2)=C(c2ccnc(NC(=O)/C=C/c3ccccc3)c2)N1. The van der Waals surface area contributed by atoms with Crippen molar-refractivity contribution in [3.05, 3.63) is 102 Å². The summed E-state index contributed by atoms with van der Waals surface area (Å²) in [5.41, 5.74) is 4.39. The summed E-state index contributed by atoms with van der Waals surface area (Å²) < 4.78 is 13.4. The molecule has 2 aromatic carbocycles. The second kappa shape index (κ2) is 9.49. The zero-order valence-electron chi connectivity index (χ0n) is 16.8. The number of aromatic nitrogens is 1. The van der Waals surface area contributed by atoms with Gasteiger partial charge < -0.3 is 16.0 Å². The van der Waals surface area contributed by atoms with Crippen LogP contribution in [0.5, 0.6) is 0 Å². The number of thioether (sulfide) groups is 1. The van der Waals surface area contributed by atoms with Gasteiger partial charge in [0.2, 0.25) is 5.91 Å². The van der Waals surface area contributed by atoms with Crippen LogP contribution in [-0.2, 0) is 4.79 Å². The largest absolute Gasteiger partial charge is 0.355 e. The Balaban J connectivity index is 1.57. The summed E-state index contributed by atoms with van der Waals surface area (Å²) in [5, 5.41) is 9.65. The number of halogens is 1. The van der Waals surface area contributed by atoms with Crippen LogP contribution in [0, 0.1) is 5.82 Å². The van der Waals surface area contributed by atoms with Crippen molar-refractivity contribution >= 4 is 41.0 Å². The van der Waals surface area contributed by atoms with Crippen LogP contribution < -0.4 is 16.0 Å². The van der Waals surface area contributed by atoms with Crippen molar-refractivity contribution in [1.29, 1.82) is 0 Å². The molecule has 1 unspecified atom stereocenters. The fourth-order valence-electron chi connectivity index (χ4n) is 3.19. The van der Waals surface area contributed by atoms with Crippen molar-refractivity contribution in [2.75, 3.05) is 11.6 Å². The second-order valence-electron chi connectivity index (χ2n) is 6.82. The van der Waals surface area contributed by atoms with Crippen molar-refractivity contribution in [1.82, 2.24) is 15.6 Å². The molecule has 1 aliphatic heterocycles. The number of benzene rings is 2. The summed E-state index contributed by atoms with van der Waals surface area (Å²) in [6.07, 6.45) is 6.87. The predicted molar refractivity (Wildman–Crippen MR) is 125 cm³/mol. The first kappa shape index (κ1) is 20.7. The van der Waals surface area contributed by atoms with Crippen molar-refractivity contribution < 1.29 is 9.18 Å². The van der Waals surface area contributed by atoms with E-state index in [9.17, 15) is 9.18 Å². The molecule has 1 amide bonds. The van der Waals surface area contributed by atoms with Crippen LogP contribution in [0.2, 0.25) is 0 Å². The van der Waals surface area contributed by atoms with Gasteiger partial charge in [0.05, 0.1) is 11.4 Å². The molecule has 0 aliphatic carbocycles. The standard InChI is InChI=1S/C24H21FN4OS/c1-31-24-28-22(17-8-10-19(25)11-9-17)23(29-24)18-13-14-26-20(15-18)27-21(30)12-7-16-5-3-2-4-6-16/h2-15,24,28-29H,1H3,(H,26,27,30)/b12-7+. The maximum Gasteiger partial charge on any atom is 0.249 e. The highest BCUT2D eigenvalue weighted by molar-refractivity contribution is 7.99. The van der Waals surface area contributed by atoms with E-state index in [1.54, 1.807) is 36.2 Å². The molecular weight excluding hydrogens is 411 g/mol. The smallest absolute Gasteiger partial charge is 0.249 e. The van der Waals surface area contributed by atoms with Gasteiger partial charge in [-0.1, -0.05) is 30.3 Å². The first-order valence-electron chi connectivity index (χ1n) is 9.69. The van der Waals surface area contributed by atoms with E-state index in [1.165, 1.54) is 18.2 Å². The second-order valence-corrected chi connectivity index (χ2v) is 7.77. The molecule has 156 valence electrons. The molecule has 2 heterocycles. The van der Waals surface area contributed by atoms with Gasteiger partial charge in [0, 0.05) is 23.4 Å². The molecule has 0 spiro atoms. The summed E-state index contributed by atoms with van der Waals surface area (Å²) in [4.78, 5) is 16.6. The predicted octanol–water partition coefficient (Wildman–Crippen LogP) is 4.54. The highest BCUT2D eigenvalue weighted by Gasteiger charge is 2.24. The quantitative estimate of drug-likeness (QED) is 0.499. The van der Waals surface area contributed by atoms with E-state index in [0.717, 1.165) is 28.1 Å². The summed E-state index contributed by atoms with van der Waals surface area (Å²) in [5.74, 6) is -0.1000. The molecule has 0 radical (unpaired) electrons. The third-order valence-corrected chi connectivity index (χ3v) is 5.40. The van der Waals surface area contributed by atoms with Gasteiger partial charge in [-0.05, 0) is 54.3 Å². The van der Waals surface area contributed by atoms with Crippen LogP contribution in [0.3, 0.4) is 0 Å². The van der Waals surface area contributed by atoms with E-state index in [1.807, 2.05) is 48.7 Å². The Hall–Kier alpha value is -3.58. The fraction of sp³-hybridized carbons (Fsp3) is 0.0833. The van der Waals surface area contributed by atoms with Gasteiger partial charge in [0.1, 0.15) is 17.1 Å². The zero-order valence-corrected chi connectivity index (χ0v) is 17.6. The number of pyridine rings is 1. The maximum atomic E-state index is 13.4. The highest BCUT2D eigenvalue weighted by Crippen LogP contribution is 2.30. The van der Waals surface area contributed by atoms with E-state index in [2.05, 4.69) is 20.9 Å². The van der Waals surface area contributed by atoms with E-state index in [-0.39, 0.29) is 17.2 Å². The molecule has 0 saturated carbocycles. The van der Waals surface area contributed by atoms with E-state index in [0.29, 0.717) is 5.82 Å². The maximum absolute atomic E-state index is 13.4. The molecule has 1 atom stereocenters. The molecule has 31 heavy (non-hydrogen) atoms. The van der Waals surface area contributed by atoms with Crippen LogP contribution >= 0.6 is 11.8 Å². The van der Waals surface area contributed by atoms with Crippen molar-refractivity contribution in [2.45, 2.75) is 5.50 Å². The summed E-state index contributed by atoms with van der Waals surface area (Å²) >= 11 is 1.62. The number of hydrogen-bond acceptors (Lipinski definition) is 5. The van der Waals surface area contributed by atoms with Gasteiger partial charge >= 0.3 is 0 Å². The first-order valence-corrected chi connectivity index (χ1v) is 11.0. The Morgan fingerprint density at radius 2 is 1.74 bits per heavy atom. The van der Waals surface area contributed by atoms with Gasteiger partial charge in [-0.3, -0.25) is 4.79 Å². The Morgan fingerprint density at radius 1 is 1.03 bits per heavy atom. The zero-order chi connectivity index (χ0) is 21.6. The van der Waals surface area contributed by atoms with Gasteiger partial charge in [0.25, 0.3) is 0 Å². The van der Waals surface area contributed by atoms with Crippen LogP contribution in [0.25, 0.3) is 17.5 Å². The van der Waals surface area contributed by atoms with E-state index < -0.39 is 0 Å². The first-order chi connectivity index (χ1) is 15.1. The molecule has 0 bridgehead atoms. The molecule has 0 saturated heterocycles. The van der Waals surface area contributed by atoms with Crippen molar-refractivity contribution in [3.8, 4) is 0 Å². The Bertz CT molecular complexity index is 1130. The molecule has 7 heteroatoms. The summed E-state index contributed by atoms with van der Waals surface area (Å²) in [6, 6.07) is 19.6. The minimum absolute atomic E-state index is 0.0185. The van der Waals surface area contributed by atoms with Gasteiger partial charge in [-0.15, -0.1) is 11.8 Å². The number of hydrogen-bond donors (Lipinski definition) is 3. The fourth-order valence-corrected chi connectivity index (χ4v) is 3.66. The van der Waals surface area contributed by atoms with Crippen LogP contribution in [0.1, 0.15) is 16.7 Å². The van der Waals surface area contributed by atoms with Crippen molar-refractivity contribution in [2.24, 2.45) is 0 Å². The average Bonchev–Trinajstić information content (AvgIpc) is 3.24. The van der Waals surface area contributed by atoms with E-state index in [4.69, 9.17) is 0 Å². The number of nitrogens with zero attached hydrogens (tertiary/aromatic N) is 1. The molecule has 1 aromatic heterocycles. The molecule has 0 fully saturated rings. The minimum Gasteiger partial charge on any atom is -0.355 e. The van der Waals surface area contributed by atoms with Crippen molar-refractivity contribution in [3.63, 3.8) is 0 Å². The molecule has 4 rings (SSSR count). The third-order valence-electron chi connectivity index (χ3n) is 4.70. The molecule has 3 N–H and O–H groups in total. The number of rotatable bonds is 6. The van der Waals surface area contributed by atoms with Crippen LogP contribution in [0.4, 0.5) is 10.2 Å². The number of anilines is 1. The normalized spacial score (nSPS) is 15.6. The molecule has 3 aromatic rings. The lowest BCUT2D eigenvalue weighted by atomic mass is 10.1. The average molecular weight is 433 g/mol. The molecule has 5 nitrogen and oxygen atoms in total. The number of nitrogens with one attached hydrogen (secondary N) is 3. The lowest BCUT2D eigenvalue weighted by Crippen LogP contribution is -2.28.